The van der Waals surface area contributed by atoms with E-state index in [1.807, 2.05) is 18.2 Å². The lowest BCUT2D eigenvalue weighted by Gasteiger charge is -2.29. The Hall–Kier alpha value is -2.28. The minimum absolute atomic E-state index is 0.114. The van der Waals surface area contributed by atoms with Crippen molar-refractivity contribution in [2.75, 3.05) is 13.6 Å². The van der Waals surface area contributed by atoms with E-state index in [9.17, 15) is 12.8 Å². The molecule has 1 aliphatic rings. The molecule has 1 fully saturated rings. The number of aromatic nitrogens is 2. The summed E-state index contributed by atoms with van der Waals surface area (Å²) in [5.41, 5.74) is 2.42. The van der Waals surface area contributed by atoms with Gasteiger partial charge in [0.25, 0.3) is 10.2 Å². The first-order chi connectivity index (χ1) is 13.4. The molecule has 0 spiro atoms. The molecule has 1 aromatic heterocycles. The van der Waals surface area contributed by atoms with Crippen LogP contribution in [0, 0.1) is 17.1 Å². The molecule has 2 N–H and O–H groups in total. The fraction of sp³-hybridized carbons (Fsp3) is 0.474. The van der Waals surface area contributed by atoms with Crippen LogP contribution < -0.4 is 4.72 Å². The molecule has 1 aliphatic carbocycles. The van der Waals surface area contributed by atoms with Crippen LogP contribution in [0.3, 0.4) is 0 Å². The number of benzene rings is 1. The molecule has 1 heterocycles. The average molecular weight is 405 g/mol. The van der Waals surface area contributed by atoms with Gasteiger partial charge in [0.05, 0.1) is 11.8 Å². The van der Waals surface area contributed by atoms with Crippen molar-refractivity contribution in [3.05, 3.63) is 41.8 Å². The number of nitrogens with one attached hydrogen (secondary N) is 2. The number of halogens is 1. The lowest BCUT2D eigenvalue weighted by Crippen LogP contribution is -2.45. The Balaban J connectivity index is 1.57. The summed E-state index contributed by atoms with van der Waals surface area (Å²) < 4.78 is 41.9. The van der Waals surface area contributed by atoms with Gasteiger partial charge in [0.2, 0.25) is 0 Å². The van der Waals surface area contributed by atoms with Crippen molar-refractivity contribution in [2.45, 2.75) is 44.1 Å². The first-order valence-electron chi connectivity index (χ1n) is 9.31. The smallest absolute Gasteiger partial charge is 0.279 e. The van der Waals surface area contributed by atoms with Gasteiger partial charge in [0, 0.05) is 43.2 Å². The Kier molecular flexibility index (Phi) is 6.44. The molecule has 9 heteroatoms. The van der Waals surface area contributed by atoms with E-state index in [-0.39, 0.29) is 30.7 Å². The van der Waals surface area contributed by atoms with E-state index in [1.54, 1.807) is 6.07 Å². The minimum Gasteiger partial charge on any atom is -0.282 e. The van der Waals surface area contributed by atoms with Gasteiger partial charge in [-0.1, -0.05) is 12.1 Å². The number of rotatable bonds is 7. The Morgan fingerprint density at radius 2 is 2.07 bits per heavy atom. The zero-order valence-electron chi connectivity index (χ0n) is 15.7. The zero-order chi connectivity index (χ0) is 20.1. The van der Waals surface area contributed by atoms with Crippen LogP contribution in [0.2, 0.25) is 0 Å². The average Bonchev–Trinajstić information content (AvgIpc) is 3.16. The maximum absolute atomic E-state index is 13.4. The van der Waals surface area contributed by atoms with Crippen LogP contribution in [-0.2, 0) is 10.2 Å². The quantitative estimate of drug-likeness (QED) is 0.739. The molecule has 0 aliphatic heterocycles. The Labute approximate surface area is 164 Å². The van der Waals surface area contributed by atoms with E-state index < -0.39 is 10.2 Å². The molecule has 2 aromatic rings. The fourth-order valence-electron chi connectivity index (χ4n) is 3.49. The molecule has 1 saturated carbocycles. The molecular formula is C19H24FN5O2S. The number of hydrogen-bond donors (Lipinski definition) is 2. The molecule has 0 radical (unpaired) electrons. The van der Waals surface area contributed by atoms with E-state index >= 15 is 0 Å². The van der Waals surface area contributed by atoms with E-state index in [0.717, 1.165) is 36.9 Å². The summed E-state index contributed by atoms with van der Waals surface area (Å²) in [6.07, 6.45) is 3.28. The normalized spacial score (nSPS) is 20.2. The molecule has 7 nitrogen and oxygen atoms in total. The second-order valence-electron chi connectivity index (χ2n) is 7.12. The largest absolute Gasteiger partial charge is 0.282 e. The van der Waals surface area contributed by atoms with Gasteiger partial charge in [-0.2, -0.15) is 27.8 Å². The van der Waals surface area contributed by atoms with Crippen LogP contribution in [0.1, 0.15) is 43.7 Å². The van der Waals surface area contributed by atoms with Gasteiger partial charge in [0.1, 0.15) is 5.82 Å². The zero-order valence-corrected chi connectivity index (χ0v) is 16.5. The highest BCUT2D eigenvalue weighted by atomic mass is 32.2. The number of hydrogen-bond acceptors (Lipinski definition) is 4. The Morgan fingerprint density at radius 3 is 2.75 bits per heavy atom. The predicted molar refractivity (Wildman–Crippen MR) is 104 cm³/mol. The molecular weight excluding hydrogens is 381 g/mol. The molecule has 0 amide bonds. The molecule has 0 atom stereocenters. The molecule has 0 unspecified atom stereocenters. The maximum atomic E-state index is 13.4. The summed E-state index contributed by atoms with van der Waals surface area (Å²) >= 11 is 0. The molecule has 28 heavy (non-hydrogen) atoms. The second-order valence-corrected chi connectivity index (χ2v) is 8.93. The van der Waals surface area contributed by atoms with E-state index in [0.29, 0.717) is 5.69 Å². The molecule has 150 valence electrons. The van der Waals surface area contributed by atoms with Crippen molar-refractivity contribution in [2.24, 2.45) is 0 Å². The first kappa shape index (κ1) is 20.5. The van der Waals surface area contributed by atoms with E-state index in [1.165, 1.54) is 23.5 Å². The summed E-state index contributed by atoms with van der Waals surface area (Å²) in [6, 6.07) is 10.1. The lowest BCUT2D eigenvalue weighted by molar-refractivity contribution is 0.359. The molecule has 3 rings (SSSR count). The maximum Gasteiger partial charge on any atom is 0.279 e. The van der Waals surface area contributed by atoms with Gasteiger partial charge in [-0.25, -0.2) is 4.39 Å². The number of nitriles is 1. The summed E-state index contributed by atoms with van der Waals surface area (Å²) in [5.74, 6) is -0.0264. The van der Waals surface area contributed by atoms with E-state index in [4.69, 9.17) is 5.26 Å². The van der Waals surface area contributed by atoms with Crippen LogP contribution in [0.25, 0.3) is 11.3 Å². The van der Waals surface area contributed by atoms with Crippen molar-refractivity contribution in [3.63, 3.8) is 0 Å². The van der Waals surface area contributed by atoms with Gasteiger partial charge < -0.3 is 0 Å². The number of nitrogens with zero attached hydrogens (tertiary/aromatic N) is 3. The second kappa shape index (κ2) is 8.82. The van der Waals surface area contributed by atoms with Crippen LogP contribution in [-0.4, -0.2) is 42.6 Å². The highest BCUT2D eigenvalue weighted by molar-refractivity contribution is 7.87. The highest BCUT2D eigenvalue weighted by Crippen LogP contribution is 2.33. The lowest BCUT2D eigenvalue weighted by atomic mass is 9.84. The molecule has 0 bridgehead atoms. The van der Waals surface area contributed by atoms with Crippen LogP contribution in [0.5, 0.6) is 0 Å². The SMILES string of the molecule is CN(CCC#N)S(=O)(=O)NC1CCC(c2cc(-c3cccc(F)c3)n[nH]2)CC1. The molecule has 1 aromatic carbocycles. The highest BCUT2D eigenvalue weighted by Gasteiger charge is 2.28. The van der Waals surface area contributed by atoms with Crippen molar-refractivity contribution in [3.8, 4) is 17.3 Å². The van der Waals surface area contributed by atoms with Crippen LogP contribution in [0.15, 0.2) is 30.3 Å². The van der Waals surface area contributed by atoms with Crippen LogP contribution in [0.4, 0.5) is 4.39 Å². The third-order valence-corrected chi connectivity index (χ3v) is 6.78. The Bertz CT molecular complexity index is 945. The van der Waals surface area contributed by atoms with Gasteiger partial charge in [-0.05, 0) is 43.9 Å². The summed E-state index contributed by atoms with van der Waals surface area (Å²) in [5, 5.41) is 16.0. The third kappa shape index (κ3) is 4.95. The van der Waals surface area contributed by atoms with Crippen molar-refractivity contribution in [1.29, 1.82) is 5.26 Å². The fourth-order valence-corrected chi connectivity index (χ4v) is 4.66. The van der Waals surface area contributed by atoms with Gasteiger partial charge in [0.15, 0.2) is 0 Å². The van der Waals surface area contributed by atoms with Crippen molar-refractivity contribution < 1.29 is 12.8 Å². The Morgan fingerprint density at radius 1 is 1.32 bits per heavy atom. The van der Waals surface area contributed by atoms with Crippen molar-refractivity contribution >= 4 is 10.2 Å². The van der Waals surface area contributed by atoms with Gasteiger partial charge in [-0.3, -0.25) is 5.10 Å². The monoisotopic (exact) mass is 405 g/mol. The van der Waals surface area contributed by atoms with E-state index in [2.05, 4.69) is 14.9 Å². The summed E-state index contributed by atoms with van der Waals surface area (Å²) in [6.45, 7) is 0.179. The summed E-state index contributed by atoms with van der Waals surface area (Å²) in [7, 11) is -2.10. The molecule has 0 saturated heterocycles. The third-order valence-electron chi connectivity index (χ3n) is 5.15. The van der Waals surface area contributed by atoms with Gasteiger partial charge >= 0.3 is 0 Å². The van der Waals surface area contributed by atoms with Gasteiger partial charge in [-0.15, -0.1) is 0 Å². The number of H-pyrrole nitrogens is 1. The summed E-state index contributed by atoms with van der Waals surface area (Å²) in [4.78, 5) is 0. The topological polar surface area (TPSA) is 102 Å². The minimum atomic E-state index is -3.57. The predicted octanol–water partition coefficient (Wildman–Crippen LogP) is 2.92. The van der Waals surface area contributed by atoms with Crippen LogP contribution >= 0.6 is 0 Å². The van der Waals surface area contributed by atoms with Crippen molar-refractivity contribution in [1.82, 2.24) is 19.2 Å². The number of aromatic amines is 1. The first-order valence-corrected chi connectivity index (χ1v) is 10.7. The standard InChI is InChI=1S/C19H24FN5O2S/c1-25(11-3-10-21)28(26,27)24-17-8-6-14(7-9-17)18-13-19(23-22-18)15-4-2-5-16(20)12-15/h2,4-5,12-14,17,24H,3,6-9,11H2,1H3,(H,22,23).